The number of allylic oxidation sites excluding steroid dienone is 1. The first-order valence-corrected chi connectivity index (χ1v) is 5.63. The Balaban J connectivity index is 3.15. The van der Waals surface area contributed by atoms with Gasteiger partial charge < -0.3 is 9.47 Å². The lowest BCUT2D eigenvalue weighted by Gasteiger charge is -2.11. The topological polar surface area (TPSA) is 52.6 Å². The molecule has 0 spiro atoms. The van der Waals surface area contributed by atoms with Gasteiger partial charge in [0.2, 0.25) is 0 Å². The molecule has 1 aromatic carbocycles. The quantitative estimate of drug-likeness (QED) is 0.607. The van der Waals surface area contributed by atoms with E-state index in [9.17, 15) is 9.59 Å². The first kappa shape index (κ1) is 14.0. The van der Waals surface area contributed by atoms with Crippen LogP contribution >= 0.6 is 0 Å². The van der Waals surface area contributed by atoms with Gasteiger partial charge in [-0.15, -0.1) is 0 Å². The van der Waals surface area contributed by atoms with Crippen LogP contribution in [0, 0.1) is 0 Å². The number of carbonyl (C=O) groups excluding carboxylic acids is 2. The molecule has 4 heteroatoms. The molecule has 0 aliphatic carbocycles. The Bertz CT molecular complexity index is 489. The largest absolute Gasteiger partial charge is 0.423 e. The van der Waals surface area contributed by atoms with E-state index in [0.717, 1.165) is 17.6 Å². The summed E-state index contributed by atoms with van der Waals surface area (Å²) in [4.78, 5) is 22.0. The molecule has 1 aromatic rings. The fraction of sp³-hybridized carbons (Fsp3) is 0.286. The van der Waals surface area contributed by atoms with E-state index >= 15 is 0 Å². The summed E-state index contributed by atoms with van der Waals surface area (Å²) in [6, 6.07) is 5.01. The predicted molar refractivity (Wildman–Crippen MR) is 68.4 cm³/mol. The van der Waals surface area contributed by atoms with E-state index in [0.29, 0.717) is 0 Å². The van der Waals surface area contributed by atoms with Crippen LogP contribution in [0.25, 0.3) is 5.57 Å². The van der Waals surface area contributed by atoms with Gasteiger partial charge in [0, 0.05) is 13.8 Å². The van der Waals surface area contributed by atoms with Gasteiger partial charge in [-0.3, -0.25) is 9.59 Å². The first-order valence-electron chi connectivity index (χ1n) is 5.63. The van der Waals surface area contributed by atoms with Crippen LogP contribution in [0.15, 0.2) is 24.8 Å². The van der Waals surface area contributed by atoms with Crippen molar-refractivity contribution in [2.24, 2.45) is 0 Å². The minimum Gasteiger partial charge on any atom is -0.423 e. The van der Waals surface area contributed by atoms with Gasteiger partial charge in [0.1, 0.15) is 0 Å². The molecule has 0 radical (unpaired) electrons. The summed E-state index contributed by atoms with van der Waals surface area (Å²) in [6.45, 7) is 8.46. The van der Waals surface area contributed by atoms with Crippen LogP contribution in [0.5, 0.6) is 11.5 Å². The number of rotatable bonds is 4. The van der Waals surface area contributed by atoms with Crippen LogP contribution in [0.3, 0.4) is 0 Å². The van der Waals surface area contributed by atoms with Gasteiger partial charge in [0.05, 0.1) is 0 Å². The van der Waals surface area contributed by atoms with Gasteiger partial charge in [0.15, 0.2) is 11.5 Å². The maximum atomic E-state index is 11.0. The van der Waals surface area contributed by atoms with Gasteiger partial charge >= 0.3 is 11.9 Å². The third-order valence-corrected chi connectivity index (χ3v) is 2.29. The number of hydrogen-bond acceptors (Lipinski definition) is 4. The van der Waals surface area contributed by atoms with E-state index < -0.39 is 11.9 Å². The molecular formula is C14H16O4. The third-order valence-electron chi connectivity index (χ3n) is 2.29. The van der Waals surface area contributed by atoms with Crippen LogP contribution in [-0.2, 0) is 9.59 Å². The summed E-state index contributed by atoms with van der Waals surface area (Å²) in [5.41, 5.74) is 1.77. The molecule has 1 rings (SSSR count). The standard InChI is InChI=1S/C14H16O4/c1-5-9(2)12-6-7-13(17-10(3)15)14(8-12)18-11(4)16/h6-8H,2,5H2,1,3-4H3. The molecule has 0 heterocycles. The van der Waals surface area contributed by atoms with E-state index in [1.807, 2.05) is 6.92 Å². The van der Waals surface area contributed by atoms with Crippen molar-refractivity contribution in [3.8, 4) is 11.5 Å². The molecule has 0 saturated carbocycles. The van der Waals surface area contributed by atoms with E-state index in [1.54, 1.807) is 18.2 Å². The normalized spacial score (nSPS) is 9.72. The number of esters is 2. The van der Waals surface area contributed by atoms with Gasteiger partial charge in [-0.25, -0.2) is 0 Å². The van der Waals surface area contributed by atoms with Crippen molar-refractivity contribution in [1.82, 2.24) is 0 Å². The van der Waals surface area contributed by atoms with E-state index in [-0.39, 0.29) is 11.5 Å². The molecule has 0 amide bonds. The third kappa shape index (κ3) is 3.73. The molecule has 0 N–H and O–H groups in total. The highest BCUT2D eigenvalue weighted by atomic mass is 16.6. The molecule has 0 aliphatic rings. The van der Waals surface area contributed by atoms with Crippen LogP contribution in [0.1, 0.15) is 32.8 Å². The Kier molecular flexibility index (Phi) is 4.66. The molecule has 0 aliphatic heterocycles. The van der Waals surface area contributed by atoms with Crippen LogP contribution in [0.2, 0.25) is 0 Å². The zero-order valence-electron chi connectivity index (χ0n) is 10.8. The molecule has 96 valence electrons. The molecule has 0 unspecified atom stereocenters. The highest BCUT2D eigenvalue weighted by molar-refractivity contribution is 5.75. The fourth-order valence-electron chi connectivity index (χ4n) is 1.41. The minimum absolute atomic E-state index is 0.227. The van der Waals surface area contributed by atoms with Crippen LogP contribution < -0.4 is 9.47 Å². The molecule has 18 heavy (non-hydrogen) atoms. The lowest BCUT2D eigenvalue weighted by atomic mass is 10.1. The summed E-state index contributed by atoms with van der Waals surface area (Å²) in [5.74, 6) is -0.483. The molecule has 0 atom stereocenters. The highest BCUT2D eigenvalue weighted by Crippen LogP contribution is 2.31. The summed E-state index contributed by atoms with van der Waals surface area (Å²) < 4.78 is 9.99. The van der Waals surface area contributed by atoms with E-state index in [1.165, 1.54) is 13.8 Å². The van der Waals surface area contributed by atoms with Gasteiger partial charge in [-0.2, -0.15) is 0 Å². The second-order valence-electron chi connectivity index (χ2n) is 3.81. The van der Waals surface area contributed by atoms with Crippen molar-refractivity contribution in [3.63, 3.8) is 0 Å². The predicted octanol–water partition coefficient (Wildman–Crippen LogP) is 2.96. The van der Waals surface area contributed by atoms with Crippen molar-refractivity contribution in [1.29, 1.82) is 0 Å². The fourth-order valence-corrected chi connectivity index (χ4v) is 1.41. The number of hydrogen-bond donors (Lipinski definition) is 0. The minimum atomic E-state index is -0.470. The smallest absolute Gasteiger partial charge is 0.308 e. The Morgan fingerprint density at radius 2 is 1.67 bits per heavy atom. The van der Waals surface area contributed by atoms with E-state index in [4.69, 9.17) is 9.47 Å². The molecule has 0 saturated heterocycles. The van der Waals surface area contributed by atoms with Crippen molar-refractivity contribution in [2.75, 3.05) is 0 Å². The summed E-state index contributed by atoms with van der Waals surface area (Å²) in [5, 5.41) is 0. The lowest BCUT2D eigenvalue weighted by molar-refractivity contribution is -0.134. The summed E-state index contributed by atoms with van der Waals surface area (Å²) in [6.07, 6.45) is 0.784. The van der Waals surface area contributed by atoms with Crippen molar-refractivity contribution in [3.05, 3.63) is 30.3 Å². The Morgan fingerprint density at radius 3 is 2.17 bits per heavy atom. The van der Waals surface area contributed by atoms with Crippen molar-refractivity contribution < 1.29 is 19.1 Å². The second kappa shape index (κ2) is 6.00. The van der Waals surface area contributed by atoms with Crippen molar-refractivity contribution >= 4 is 17.5 Å². The van der Waals surface area contributed by atoms with E-state index in [2.05, 4.69) is 6.58 Å². The average Bonchev–Trinajstić information content (AvgIpc) is 2.29. The zero-order valence-corrected chi connectivity index (χ0v) is 10.8. The molecular weight excluding hydrogens is 232 g/mol. The molecule has 0 aromatic heterocycles. The lowest BCUT2D eigenvalue weighted by Crippen LogP contribution is -2.07. The van der Waals surface area contributed by atoms with Crippen LogP contribution in [-0.4, -0.2) is 11.9 Å². The molecule has 4 nitrogen and oxygen atoms in total. The number of benzene rings is 1. The van der Waals surface area contributed by atoms with Crippen LogP contribution in [0.4, 0.5) is 0 Å². The maximum absolute atomic E-state index is 11.0. The average molecular weight is 248 g/mol. The second-order valence-corrected chi connectivity index (χ2v) is 3.81. The number of carbonyl (C=O) groups is 2. The summed E-state index contributed by atoms with van der Waals surface area (Å²) in [7, 11) is 0. The monoisotopic (exact) mass is 248 g/mol. The summed E-state index contributed by atoms with van der Waals surface area (Å²) >= 11 is 0. The SMILES string of the molecule is C=C(CC)c1ccc(OC(C)=O)c(OC(C)=O)c1. The first-order chi connectivity index (χ1) is 8.43. The van der Waals surface area contributed by atoms with Gasteiger partial charge in [0.25, 0.3) is 0 Å². The Hall–Kier alpha value is -2.10. The molecule has 0 fully saturated rings. The Morgan fingerprint density at radius 1 is 1.11 bits per heavy atom. The van der Waals surface area contributed by atoms with Crippen molar-refractivity contribution in [2.45, 2.75) is 27.2 Å². The van der Waals surface area contributed by atoms with Gasteiger partial charge in [-0.1, -0.05) is 19.6 Å². The Labute approximate surface area is 106 Å². The molecule has 0 bridgehead atoms. The zero-order chi connectivity index (χ0) is 13.7. The van der Waals surface area contributed by atoms with Gasteiger partial charge in [-0.05, 0) is 29.7 Å². The highest BCUT2D eigenvalue weighted by Gasteiger charge is 2.11. The maximum Gasteiger partial charge on any atom is 0.308 e. The number of ether oxygens (including phenoxy) is 2.